The summed E-state index contributed by atoms with van der Waals surface area (Å²) in [7, 11) is 8.37. The molecule has 36 heavy (non-hydrogen) atoms. The lowest BCUT2D eigenvalue weighted by Crippen LogP contribution is -2.48. The van der Waals surface area contributed by atoms with Crippen LogP contribution in [0.1, 0.15) is 18.5 Å². The van der Waals surface area contributed by atoms with Crippen LogP contribution in [0.5, 0.6) is 28.7 Å². The fourth-order valence-electron chi connectivity index (χ4n) is 5.03. The van der Waals surface area contributed by atoms with E-state index in [2.05, 4.69) is 47.1 Å². The topological polar surface area (TPSA) is 52.6 Å². The number of methoxy groups -OCH3 is 5. The fraction of sp³-hybridized carbons (Fsp3) is 0.379. The molecule has 3 aromatic carbocycles. The second-order valence-electron chi connectivity index (χ2n) is 8.63. The number of para-hydroxylation sites is 2. The molecule has 0 aromatic heterocycles. The number of anilines is 1. The van der Waals surface area contributed by atoms with E-state index in [0.717, 1.165) is 48.7 Å². The molecular formula is C29H36N2O5. The quantitative estimate of drug-likeness (QED) is 0.403. The van der Waals surface area contributed by atoms with Crippen molar-refractivity contribution >= 4 is 5.69 Å². The molecule has 0 spiro atoms. The van der Waals surface area contributed by atoms with Gasteiger partial charge in [-0.3, -0.25) is 4.90 Å². The summed E-state index contributed by atoms with van der Waals surface area (Å²) in [6, 6.07) is 18.5. The molecule has 1 unspecified atom stereocenters. The van der Waals surface area contributed by atoms with Gasteiger partial charge in [0.15, 0.2) is 23.0 Å². The van der Waals surface area contributed by atoms with E-state index in [9.17, 15) is 0 Å². The van der Waals surface area contributed by atoms with Gasteiger partial charge in [-0.15, -0.1) is 0 Å². The van der Waals surface area contributed by atoms with Crippen molar-refractivity contribution in [2.24, 2.45) is 0 Å². The van der Waals surface area contributed by atoms with E-state index >= 15 is 0 Å². The number of rotatable bonds is 9. The normalized spacial score (nSPS) is 15.9. The Bertz CT molecular complexity index is 1180. The molecule has 1 atom stereocenters. The highest BCUT2D eigenvalue weighted by Crippen LogP contribution is 2.43. The minimum Gasteiger partial charge on any atom is -0.495 e. The Morgan fingerprint density at radius 2 is 1.33 bits per heavy atom. The van der Waals surface area contributed by atoms with Crippen LogP contribution < -0.4 is 28.6 Å². The Labute approximate surface area is 214 Å². The molecule has 7 heteroatoms. The highest BCUT2D eigenvalue weighted by atomic mass is 16.5. The Hall–Kier alpha value is -3.58. The van der Waals surface area contributed by atoms with E-state index in [1.54, 1.807) is 35.5 Å². The fourth-order valence-corrected chi connectivity index (χ4v) is 5.03. The number of hydrogen-bond acceptors (Lipinski definition) is 7. The molecule has 0 amide bonds. The first-order chi connectivity index (χ1) is 17.6. The summed E-state index contributed by atoms with van der Waals surface area (Å²) >= 11 is 0. The molecule has 4 rings (SSSR count). The molecule has 1 heterocycles. The second-order valence-corrected chi connectivity index (χ2v) is 8.63. The van der Waals surface area contributed by atoms with Gasteiger partial charge in [0, 0.05) is 19.6 Å². The molecule has 1 aliphatic rings. The summed E-state index contributed by atoms with van der Waals surface area (Å²) in [6.07, 6.45) is 0. The van der Waals surface area contributed by atoms with Crippen molar-refractivity contribution in [1.29, 1.82) is 0 Å². The molecule has 0 aliphatic carbocycles. The van der Waals surface area contributed by atoms with Crippen molar-refractivity contribution in [3.05, 3.63) is 60.2 Å². The zero-order valence-corrected chi connectivity index (χ0v) is 22.0. The maximum atomic E-state index is 5.74. The zero-order valence-electron chi connectivity index (χ0n) is 22.0. The average molecular weight is 493 g/mol. The van der Waals surface area contributed by atoms with Crippen molar-refractivity contribution in [2.75, 3.05) is 66.6 Å². The first-order valence-corrected chi connectivity index (χ1v) is 12.2. The summed E-state index contributed by atoms with van der Waals surface area (Å²) in [6.45, 7) is 5.80. The van der Waals surface area contributed by atoms with Crippen LogP contribution >= 0.6 is 0 Å². The third-order valence-electron chi connectivity index (χ3n) is 6.93. The molecule has 3 aromatic rings. The van der Waals surface area contributed by atoms with E-state index in [1.165, 1.54) is 5.56 Å². The van der Waals surface area contributed by atoms with Gasteiger partial charge in [-0.1, -0.05) is 25.1 Å². The predicted molar refractivity (Wildman–Crippen MR) is 143 cm³/mol. The molecule has 0 bridgehead atoms. The van der Waals surface area contributed by atoms with Crippen LogP contribution in [0.2, 0.25) is 0 Å². The van der Waals surface area contributed by atoms with Crippen LogP contribution in [-0.4, -0.2) is 66.6 Å². The van der Waals surface area contributed by atoms with Gasteiger partial charge in [0.25, 0.3) is 0 Å². The summed E-state index contributed by atoms with van der Waals surface area (Å²) in [4.78, 5) is 4.92. The third kappa shape index (κ3) is 4.88. The van der Waals surface area contributed by atoms with Gasteiger partial charge in [-0.05, 0) is 59.6 Å². The smallest absolute Gasteiger partial charge is 0.161 e. The van der Waals surface area contributed by atoms with Crippen molar-refractivity contribution in [2.45, 2.75) is 13.0 Å². The molecule has 192 valence electrons. The van der Waals surface area contributed by atoms with E-state index in [4.69, 9.17) is 23.7 Å². The molecule has 1 aliphatic heterocycles. The second kappa shape index (κ2) is 11.4. The van der Waals surface area contributed by atoms with Crippen molar-refractivity contribution in [3.63, 3.8) is 0 Å². The number of nitrogens with zero attached hydrogens (tertiary/aromatic N) is 2. The number of piperazine rings is 1. The lowest BCUT2D eigenvalue weighted by atomic mass is 9.91. The van der Waals surface area contributed by atoms with E-state index < -0.39 is 0 Å². The molecule has 0 N–H and O–H groups in total. The molecule has 0 radical (unpaired) electrons. The first kappa shape index (κ1) is 25.5. The number of likely N-dealkylation sites (N-methyl/N-ethyl adjacent to an activating group) is 1. The van der Waals surface area contributed by atoms with Crippen molar-refractivity contribution < 1.29 is 23.7 Å². The number of hydrogen-bond donors (Lipinski definition) is 0. The van der Waals surface area contributed by atoms with Gasteiger partial charge >= 0.3 is 0 Å². The number of benzene rings is 3. The standard InChI is InChI=1S/C29H36N2O5/c1-7-30-14-15-31(23-10-8-9-11-25(23)32-2)19-24(30)22-18-29(36-6)28(35-5)17-21(22)20-12-13-26(33-3)27(16-20)34-4/h8-13,16-18,24H,7,14-15,19H2,1-6H3. The predicted octanol–water partition coefficient (Wildman–Crippen LogP) is 5.28. The molecule has 0 saturated carbocycles. The molecule has 1 fully saturated rings. The van der Waals surface area contributed by atoms with Crippen LogP contribution in [0.15, 0.2) is 54.6 Å². The highest BCUT2D eigenvalue weighted by molar-refractivity contribution is 5.74. The van der Waals surface area contributed by atoms with Crippen LogP contribution in [0.25, 0.3) is 11.1 Å². The molecular weight excluding hydrogens is 456 g/mol. The maximum absolute atomic E-state index is 5.74. The minimum absolute atomic E-state index is 0.122. The largest absolute Gasteiger partial charge is 0.495 e. The van der Waals surface area contributed by atoms with E-state index in [-0.39, 0.29) is 6.04 Å². The first-order valence-electron chi connectivity index (χ1n) is 12.2. The summed E-state index contributed by atoms with van der Waals surface area (Å²) < 4.78 is 28.2. The van der Waals surface area contributed by atoms with Crippen molar-refractivity contribution in [1.82, 2.24) is 4.90 Å². The van der Waals surface area contributed by atoms with Gasteiger partial charge in [-0.2, -0.15) is 0 Å². The van der Waals surface area contributed by atoms with E-state index in [1.807, 2.05) is 24.3 Å². The van der Waals surface area contributed by atoms with Gasteiger partial charge in [0.1, 0.15) is 5.75 Å². The van der Waals surface area contributed by atoms with Gasteiger partial charge in [0.05, 0.1) is 47.3 Å². The summed E-state index contributed by atoms with van der Waals surface area (Å²) in [5.41, 5.74) is 4.36. The molecule has 1 saturated heterocycles. The Balaban J connectivity index is 1.85. The van der Waals surface area contributed by atoms with Gasteiger partial charge in [-0.25, -0.2) is 0 Å². The number of ether oxygens (including phenoxy) is 5. The van der Waals surface area contributed by atoms with Gasteiger partial charge in [0.2, 0.25) is 0 Å². The Morgan fingerprint density at radius 1 is 0.694 bits per heavy atom. The maximum Gasteiger partial charge on any atom is 0.161 e. The minimum atomic E-state index is 0.122. The van der Waals surface area contributed by atoms with Crippen LogP contribution in [0.3, 0.4) is 0 Å². The summed E-state index contributed by atoms with van der Waals surface area (Å²) in [5, 5.41) is 0. The van der Waals surface area contributed by atoms with Crippen LogP contribution in [0, 0.1) is 0 Å². The lowest BCUT2D eigenvalue weighted by Gasteiger charge is -2.43. The molecule has 7 nitrogen and oxygen atoms in total. The third-order valence-corrected chi connectivity index (χ3v) is 6.93. The van der Waals surface area contributed by atoms with Crippen molar-refractivity contribution in [3.8, 4) is 39.9 Å². The zero-order chi connectivity index (χ0) is 25.7. The SMILES string of the molecule is CCN1CCN(c2ccccc2OC)CC1c1cc(OC)c(OC)cc1-c1ccc(OC)c(OC)c1. The van der Waals surface area contributed by atoms with Crippen LogP contribution in [-0.2, 0) is 0 Å². The average Bonchev–Trinajstić information content (AvgIpc) is 2.95. The van der Waals surface area contributed by atoms with Crippen LogP contribution in [0.4, 0.5) is 5.69 Å². The highest BCUT2D eigenvalue weighted by Gasteiger charge is 2.31. The Morgan fingerprint density at radius 3 is 2.00 bits per heavy atom. The summed E-state index contributed by atoms with van der Waals surface area (Å²) in [5.74, 6) is 3.66. The van der Waals surface area contributed by atoms with E-state index in [0.29, 0.717) is 23.0 Å². The lowest BCUT2D eigenvalue weighted by molar-refractivity contribution is 0.187. The van der Waals surface area contributed by atoms with Gasteiger partial charge < -0.3 is 28.6 Å². The monoisotopic (exact) mass is 492 g/mol. The Kier molecular flexibility index (Phi) is 8.10.